The maximum atomic E-state index is 13.5. The van der Waals surface area contributed by atoms with Crippen LogP contribution in [0.1, 0.15) is 53.6 Å². The second kappa shape index (κ2) is 7.05. The number of phenols is 1. The summed E-state index contributed by atoms with van der Waals surface area (Å²) < 4.78 is 6.58. The van der Waals surface area contributed by atoms with Crippen LogP contribution >= 0.6 is 0 Å². The van der Waals surface area contributed by atoms with Gasteiger partial charge in [0.2, 0.25) is 0 Å². The van der Waals surface area contributed by atoms with E-state index in [4.69, 9.17) is 4.74 Å². The van der Waals surface area contributed by atoms with Crippen LogP contribution in [0.3, 0.4) is 0 Å². The van der Waals surface area contributed by atoms with Crippen LogP contribution in [0.2, 0.25) is 0 Å². The molecule has 0 radical (unpaired) electrons. The highest BCUT2D eigenvalue weighted by molar-refractivity contribution is 6.06. The van der Waals surface area contributed by atoms with Crippen LogP contribution in [0.15, 0.2) is 42.6 Å². The summed E-state index contributed by atoms with van der Waals surface area (Å²) in [6.45, 7) is 1.96. The average Bonchev–Trinajstić information content (AvgIpc) is 3.41. The molecule has 1 amide bonds. The number of amides is 1. The molecule has 2 saturated carbocycles. The fourth-order valence-corrected chi connectivity index (χ4v) is 8.16. The molecule has 4 N–H and O–H groups in total. The minimum absolute atomic E-state index is 0.0335. The summed E-state index contributed by atoms with van der Waals surface area (Å²) in [6.07, 6.45) is 6.78. The predicted molar refractivity (Wildman–Crippen MR) is 134 cm³/mol. The highest BCUT2D eigenvalue weighted by Crippen LogP contribution is 2.65. The third kappa shape index (κ3) is 2.57. The zero-order valence-electron chi connectivity index (χ0n) is 20.2. The van der Waals surface area contributed by atoms with Gasteiger partial charge in [0.05, 0.1) is 17.1 Å². The third-order valence-electron chi connectivity index (χ3n) is 9.92. The van der Waals surface area contributed by atoms with E-state index in [-0.39, 0.29) is 23.7 Å². The Kier molecular flexibility index (Phi) is 4.13. The van der Waals surface area contributed by atoms with Crippen LogP contribution in [-0.4, -0.2) is 62.9 Å². The van der Waals surface area contributed by atoms with Gasteiger partial charge in [-0.15, -0.1) is 0 Å². The van der Waals surface area contributed by atoms with E-state index in [1.165, 1.54) is 18.4 Å². The van der Waals surface area contributed by atoms with Crippen LogP contribution in [-0.2, 0) is 11.8 Å². The van der Waals surface area contributed by atoms with Crippen molar-refractivity contribution in [3.63, 3.8) is 0 Å². The molecule has 8 rings (SSSR count). The Morgan fingerprint density at radius 1 is 1.17 bits per heavy atom. The number of fused-ring (bicyclic) bond motifs is 1. The van der Waals surface area contributed by atoms with Crippen LogP contribution in [0, 0.1) is 5.92 Å². The quantitative estimate of drug-likeness (QED) is 0.455. The molecule has 2 aromatic carbocycles. The summed E-state index contributed by atoms with van der Waals surface area (Å²) in [5, 5.41) is 27.6. The molecule has 186 valence electrons. The predicted octanol–water partition coefficient (Wildman–Crippen LogP) is 3.24. The van der Waals surface area contributed by atoms with Crippen molar-refractivity contribution in [1.29, 1.82) is 0 Å². The van der Waals surface area contributed by atoms with Crippen molar-refractivity contribution in [3.05, 3.63) is 59.3 Å². The van der Waals surface area contributed by atoms with Gasteiger partial charge in [0.15, 0.2) is 11.5 Å². The number of benzene rings is 2. The highest BCUT2D eigenvalue weighted by Gasteiger charge is 2.73. The Morgan fingerprint density at radius 3 is 2.92 bits per heavy atom. The molecule has 1 saturated heterocycles. The van der Waals surface area contributed by atoms with Crippen molar-refractivity contribution in [3.8, 4) is 11.5 Å². The van der Waals surface area contributed by atoms with Gasteiger partial charge in [-0.25, -0.2) is 0 Å². The lowest BCUT2D eigenvalue weighted by Crippen LogP contribution is -2.78. The first-order chi connectivity index (χ1) is 17.5. The second-order valence-electron chi connectivity index (χ2n) is 11.7. The van der Waals surface area contributed by atoms with Gasteiger partial charge in [0.1, 0.15) is 6.10 Å². The van der Waals surface area contributed by atoms with E-state index in [2.05, 4.69) is 15.2 Å². The molecular weight excluding hydrogens is 454 g/mol. The molecule has 3 aliphatic carbocycles. The highest BCUT2D eigenvalue weighted by atomic mass is 16.5. The van der Waals surface area contributed by atoms with E-state index in [0.717, 1.165) is 48.3 Å². The number of H-pyrrole nitrogens is 1. The Hall–Kier alpha value is -3.03. The summed E-state index contributed by atoms with van der Waals surface area (Å²) in [6, 6.07) is 11.1. The number of carbonyl (C=O) groups excluding carboxylic acids is 1. The van der Waals surface area contributed by atoms with Crippen LogP contribution < -0.4 is 10.1 Å². The number of aromatic amines is 1. The number of nitrogens with one attached hydrogen (secondary N) is 2. The molecule has 7 heteroatoms. The zero-order valence-corrected chi connectivity index (χ0v) is 20.2. The van der Waals surface area contributed by atoms with Gasteiger partial charge >= 0.3 is 0 Å². The smallest absolute Gasteiger partial charge is 0.252 e. The number of aromatic nitrogens is 1. The molecule has 36 heavy (non-hydrogen) atoms. The number of likely N-dealkylation sites (tertiary alicyclic amines) is 1. The number of hydrogen-bond acceptors (Lipinski definition) is 5. The van der Waals surface area contributed by atoms with E-state index in [0.29, 0.717) is 24.2 Å². The number of nitrogens with zero attached hydrogens (tertiary/aromatic N) is 1. The molecule has 5 atom stereocenters. The van der Waals surface area contributed by atoms with Gasteiger partial charge in [-0.2, -0.15) is 0 Å². The number of aliphatic hydroxyl groups is 1. The normalized spacial score (nSPS) is 34.3. The average molecular weight is 486 g/mol. The zero-order chi connectivity index (χ0) is 24.2. The number of carbonyl (C=O) groups is 1. The van der Waals surface area contributed by atoms with Crippen LogP contribution in [0.4, 0.5) is 0 Å². The fraction of sp³-hybridized carbons (Fsp3) is 0.483. The molecule has 7 nitrogen and oxygen atoms in total. The van der Waals surface area contributed by atoms with Crippen molar-refractivity contribution in [2.24, 2.45) is 5.92 Å². The van der Waals surface area contributed by atoms with Crippen molar-refractivity contribution in [2.75, 3.05) is 13.1 Å². The summed E-state index contributed by atoms with van der Waals surface area (Å²) in [4.78, 5) is 19.3. The fourth-order valence-electron chi connectivity index (χ4n) is 8.16. The van der Waals surface area contributed by atoms with Gasteiger partial charge < -0.3 is 25.3 Å². The number of piperidine rings is 1. The number of aromatic hydroxyl groups is 1. The Bertz CT molecular complexity index is 1410. The molecule has 3 aromatic rings. The molecule has 2 aliphatic heterocycles. The standard InChI is InChI=1S/C29H31N3O4/c33-22-7-6-17-14-23-29(35)10-8-21(31-27(34)19-2-1-3-20-18(19)9-12-30-20)26-28(29,24(17)25(22)36-26)11-13-32(23)15-16-4-5-16/h1-3,6-7,9,12,16,21,23,26,30,33,35H,4-5,8,10-11,13-15H2,(H,31,34)/t21-,23+,26-,28-,29+/m0/s1. The van der Waals surface area contributed by atoms with Gasteiger partial charge in [0, 0.05) is 40.8 Å². The molecule has 3 heterocycles. The summed E-state index contributed by atoms with van der Waals surface area (Å²) >= 11 is 0. The maximum Gasteiger partial charge on any atom is 0.252 e. The van der Waals surface area contributed by atoms with E-state index in [9.17, 15) is 15.0 Å². The second-order valence-corrected chi connectivity index (χ2v) is 11.7. The van der Waals surface area contributed by atoms with E-state index in [1.807, 2.05) is 36.5 Å². The number of hydrogen-bond donors (Lipinski definition) is 4. The minimum atomic E-state index is -0.946. The van der Waals surface area contributed by atoms with Crippen molar-refractivity contribution in [1.82, 2.24) is 15.2 Å². The van der Waals surface area contributed by atoms with Gasteiger partial charge in [-0.05, 0) is 80.8 Å². The molecule has 0 unspecified atom stereocenters. The Balaban J connectivity index is 1.20. The van der Waals surface area contributed by atoms with Gasteiger partial charge in [-0.1, -0.05) is 12.1 Å². The monoisotopic (exact) mass is 485 g/mol. The van der Waals surface area contributed by atoms with E-state index < -0.39 is 17.1 Å². The number of rotatable bonds is 4. The molecule has 5 aliphatic rings. The summed E-state index contributed by atoms with van der Waals surface area (Å²) in [5.41, 5.74) is 2.14. The van der Waals surface area contributed by atoms with Crippen molar-refractivity contribution >= 4 is 16.8 Å². The molecular formula is C29H31N3O4. The largest absolute Gasteiger partial charge is 0.504 e. The molecule has 1 aromatic heterocycles. The Labute approximate surface area is 209 Å². The lowest BCUT2D eigenvalue weighted by Gasteiger charge is -2.64. The maximum absolute atomic E-state index is 13.5. The van der Waals surface area contributed by atoms with Gasteiger partial charge in [-0.3, -0.25) is 9.69 Å². The van der Waals surface area contributed by atoms with Crippen molar-refractivity contribution < 1.29 is 19.7 Å². The topological polar surface area (TPSA) is 97.8 Å². The molecule has 2 bridgehead atoms. The van der Waals surface area contributed by atoms with Crippen LogP contribution in [0.5, 0.6) is 11.5 Å². The first-order valence-electron chi connectivity index (χ1n) is 13.3. The van der Waals surface area contributed by atoms with Crippen molar-refractivity contribution in [2.45, 2.75) is 67.7 Å². The lowest BCUT2D eigenvalue weighted by molar-refractivity contribution is -0.191. The Morgan fingerprint density at radius 2 is 2.06 bits per heavy atom. The van der Waals surface area contributed by atoms with Gasteiger partial charge in [0.25, 0.3) is 5.91 Å². The molecule has 3 fully saturated rings. The first kappa shape index (κ1) is 21.1. The van der Waals surface area contributed by atoms with E-state index in [1.54, 1.807) is 6.07 Å². The first-order valence-corrected chi connectivity index (χ1v) is 13.3. The summed E-state index contributed by atoms with van der Waals surface area (Å²) in [5.74, 6) is 1.26. The number of ether oxygens (including phenoxy) is 1. The third-order valence-corrected chi connectivity index (χ3v) is 9.92. The van der Waals surface area contributed by atoms with E-state index >= 15 is 0 Å². The van der Waals surface area contributed by atoms with Crippen LogP contribution in [0.25, 0.3) is 10.9 Å². The summed E-state index contributed by atoms with van der Waals surface area (Å²) in [7, 11) is 0. The number of phenolic OH excluding ortho intramolecular Hbond substituents is 1. The molecule has 1 spiro atoms. The lowest BCUT2D eigenvalue weighted by atomic mass is 9.48. The minimum Gasteiger partial charge on any atom is -0.504 e. The SMILES string of the molecule is O=C(N[C@H]1CC[C@@]2(O)[C@H]3Cc4ccc(O)c5c4[C@@]2(CCN3CC2CC2)[C@H]1O5)c1cccc2[nH]ccc12.